The average molecular weight is 359 g/mol. The van der Waals surface area contributed by atoms with E-state index in [-0.39, 0.29) is 5.91 Å². The van der Waals surface area contributed by atoms with Crippen molar-refractivity contribution in [2.75, 3.05) is 23.3 Å². The summed E-state index contributed by atoms with van der Waals surface area (Å²) in [5.41, 5.74) is 7.84. The van der Waals surface area contributed by atoms with E-state index >= 15 is 0 Å². The molecule has 1 aromatic heterocycles. The number of carbonyl (C=O) groups is 2. The van der Waals surface area contributed by atoms with E-state index in [0.29, 0.717) is 27.7 Å². The van der Waals surface area contributed by atoms with Crippen LogP contribution >= 0.6 is 11.5 Å². The zero-order chi connectivity index (χ0) is 18.0. The van der Waals surface area contributed by atoms with Gasteiger partial charge in [-0.05, 0) is 55.4 Å². The fraction of sp³-hybridized carbons (Fsp3) is 0.412. The molecular weight excluding hydrogens is 338 g/mol. The molecule has 1 fully saturated rings. The Balaban J connectivity index is 1.94. The lowest BCUT2D eigenvalue weighted by Gasteiger charge is -2.34. The van der Waals surface area contributed by atoms with Crippen LogP contribution in [0.5, 0.6) is 0 Å². The highest BCUT2D eigenvalue weighted by Crippen LogP contribution is 2.31. The summed E-state index contributed by atoms with van der Waals surface area (Å²) in [7, 11) is 0. The number of nitrogens with two attached hydrogens (primary N) is 1. The van der Waals surface area contributed by atoms with E-state index in [4.69, 9.17) is 5.73 Å². The van der Waals surface area contributed by atoms with Gasteiger partial charge in [0.1, 0.15) is 4.88 Å². The van der Waals surface area contributed by atoms with Gasteiger partial charge in [0.25, 0.3) is 5.91 Å². The molecule has 1 aromatic carbocycles. The number of hydrogen-bond acceptors (Lipinski definition) is 6. The third-order valence-electron chi connectivity index (χ3n) is 4.38. The summed E-state index contributed by atoms with van der Waals surface area (Å²) in [5.74, 6) is -0.216. The van der Waals surface area contributed by atoms with Gasteiger partial charge in [0.05, 0.1) is 17.1 Å². The van der Waals surface area contributed by atoms with Crippen LogP contribution in [0.2, 0.25) is 0 Å². The lowest BCUT2D eigenvalue weighted by Crippen LogP contribution is -2.35. The highest BCUT2D eigenvalue weighted by atomic mass is 32.1. The molecule has 1 atom stereocenters. The van der Waals surface area contributed by atoms with Crippen LogP contribution in [0.1, 0.15) is 45.5 Å². The number of primary amides is 1. The maximum absolute atomic E-state index is 12.6. The van der Waals surface area contributed by atoms with Gasteiger partial charge in [-0.3, -0.25) is 9.59 Å². The molecule has 2 amide bonds. The van der Waals surface area contributed by atoms with Gasteiger partial charge in [0.2, 0.25) is 5.91 Å². The van der Waals surface area contributed by atoms with E-state index in [1.54, 1.807) is 19.1 Å². The Morgan fingerprint density at radius 2 is 2.20 bits per heavy atom. The minimum absolute atomic E-state index is 0.277. The lowest BCUT2D eigenvalue weighted by atomic mass is 9.99. The maximum atomic E-state index is 12.6. The van der Waals surface area contributed by atoms with Crippen molar-refractivity contribution < 1.29 is 9.59 Å². The van der Waals surface area contributed by atoms with Crippen LogP contribution in [0.3, 0.4) is 0 Å². The zero-order valence-corrected chi connectivity index (χ0v) is 15.1. The van der Waals surface area contributed by atoms with E-state index in [1.165, 1.54) is 6.42 Å². The molecule has 1 aliphatic rings. The quantitative estimate of drug-likeness (QED) is 0.873. The second-order valence-electron chi connectivity index (χ2n) is 6.43. The number of nitrogens with one attached hydrogen (secondary N) is 1. The van der Waals surface area contributed by atoms with Crippen LogP contribution in [-0.4, -0.2) is 34.5 Å². The molecule has 3 rings (SSSR count). The minimum atomic E-state index is -0.523. The van der Waals surface area contributed by atoms with Gasteiger partial charge >= 0.3 is 0 Å². The molecule has 0 radical (unpaired) electrons. The fourth-order valence-electron chi connectivity index (χ4n) is 3.09. The Morgan fingerprint density at radius 1 is 1.40 bits per heavy atom. The second-order valence-corrected chi connectivity index (χ2v) is 7.19. The molecule has 0 aliphatic carbocycles. The number of anilines is 2. The Morgan fingerprint density at radius 3 is 2.84 bits per heavy atom. The third kappa shape index (κ3) is 3.79. The first-order chi connectivity index (χ1) is 12.0. The van der Waals surface area contributed by atoms with Crippen molar-refractivity contribution in [3.63, 3.8) is 0 Å². The number of hydrogen-bond donors (Lipinski definition) is 2. The van der Waals surface area contributed by atoms with Crippen LogP contribution in [0.4, 0.5) is 11.4 Å². The van der Waals surface area contributed by atoms with Crippen LogP contribution in [0, 0.1) is 12.8 Å². The SMILES string of the molecule is Cc1nnsc1C(=O)Nc1cc(C(N)=O)ccc1N1CCC[C@@H](C)C1. The molecule has 8 heteroatoms. The van der Waals surface area contributed by atoms with Gasteiger partial charge in [0, 0.05) is 18.7 Å². The summed E-state index contributed by atoms with van der Waals surface area (Å²) in [6.45, 7) is 5.80. The normalized spacial score (nSPS) is 17.4. The van der Waals surface area contributed by atoms with Crippen LogP contribution in [0.25, 0.3) is 0 Å². The Kier molecular flexibility index (Phi) is 4.98. The van der Waals surface area contributed by atoms with E-state index < -0.39 is 5.91 Å². The van der Waals surface area contributed by atoms with Crippen molar-refractivity contribution in [2.45, 2.75) is 26.7 Å². The predicted molar refractivity (Wildman–Crippen MR) is 98.2 cm³/mol. The van der Waals surface area contributed by atoms with E-state index in [1.807, 2.05) is 6.07 Å². The van der Waals surface area contributed by atoms with Gasteiger partial charge in [-0.15, -0.1) is 5.10 Å². The predicted octanol–water partition coefficient (Wildman–Crippen LogP) is 2.43. The number of amides is 2. The van der Waals surface area contributed by atoms with E-state index in [9.17, 15) is 9.59 Å². The van der Waals surface area contributed by atoms with Gasteiger partial charge in [0.15, 0.2) is 0 Å². The third-order valence-corrected chi connectivity index (χ3v) is 5.21. The molecule has 0 unspecified atom stereocenters. The molecule has 132 valence electrons. The van der Waals surface area contributed by atoms with Crippen LogP contribution < -0.4 is 16.0 Å². The fourth-order valence-corrected chi connectivity index (χ4v) is 3.64. The highest BCUT2D eigenvalue weighted by molar-refractivity contribution is 7.08. The van der Waals surface area contributed by atoms with E-state index in [0.717, 1.165) is 36.7 Å². The summed E-state index contributed by atoms with van der Waals surface area (Å²) < 4.78 is 3.80. The lowest BCUT2D eigenvalue weighted by molar-refractivity contribution is 0.0996. The van der Waals surface area contributed by atoms with Crippen molar-refractivity contribution in [3.8, 4) is 0 Å². The number of piperidine rings is 1. The number of rotatable bonds is 4. The van der Waals surface area contributed by atoms with Crippen LogP contribution in [-0.2, 0) is 0 Å². The first kappa shape index (κ1) is 17.3. The van der Waals surface area contributed by atoms with Gasteiger partial charge in [-0.25, -0.2) is 0 Å². The molecule has 0 spiro atoms. The second kappa shape index (κ2) is 7.18. The topological polar surface area (TPSA) is 101 Å². The summed E-state index contributed by atoms with van der Waals surface area (Å²) in [6.07, 6.45) is 2.30. The first-order valence-electron chi connectivity index (χ1n) is 8.25. The van der Waals surface area contributed by atoms with Crippen molar-refractivity contribution in [1.29, 1.82) is 0 Å². The largest absolute Gasteiger partial charge is 0.370 e. The molecule has 0 bridgehead atoms. The Hall–Kier alpha value is -2.48. The monoisotopic (exact) mass is 359 g/mol. The van der Waals surface area contributed by atoms with Crippen molar-refractivity contribution in [1.82, 2.24) is 9.59 Å². The molecule has 7 nitrogen and oxygen atoms in total. The molecule has 1 saturated heterocycles. The number of carbonyl (C=O) groups excluding carboxylic acids is 2. The standard InChI is InChI=1S/C17H21N5O2S/c1-10-4-3-7-22(9-10)14-6-5-12(16(18)23)8-13(14)19-17(24)15-11(2)20-21-25-15/h5-6,8,10H,3-4,7,9H2,1-2H3,(H2,18,23)(H,19,24)/t10-/m1/s1. The summed E-state index contributed by atoms with van der Waals surface area (Å²) in [5, 5.41) is 6.77. The smallest absolute Gasteiger partial charge is 0.269 e. The average Bonchev–Trinajstić information content (AvgIpc) is 3.01. The molecule has 25 heavy (non-hydrogen) atoms. The molecule has 0 saturated carbocycles. The molecule has 2 heterocycles. The Labute approximate surface area is 150 Å². The number of benzene rings is 1. The number of aryl methyl sites for hydroxylation is 1. The van der Waals surface area contributed by atoms with Crippen molar-refractivity contribution >= 4 is 34.7 Å². The highest BCUT2D eigenvalue weighted by Gasteiger charge is 2.22. The first-order valence-corrected chi connectivity index (χ1v) is 9.02. The molecule has 1 aliphatic heterocycles. The van der Waals surface area contributed by atoms with Gasteiger partial charge in [-0.2, -0.15) is 0 Å². The number of aromatic nitrogens is 2. The molecule has 2 aromatic rings. The maximum Gasteiger partial charge on any atom is 0.269 e. The van der Waals surface area contributed by atoms with Crippen molar-refractivity contribution in [2.24, 2.45) is 11.7 Å². The summed E-state index contributed by atoms with van der Waals surface area (Å²) in [6, 6.07) is 5.19. The zero-order valence-electron chi connectivity index (χ0n) is 14.3. The molecule has 3 N–H and O–H groups in total. The van der Waals surface area contributed by atoms with Gasteiger partial charge < -0.3 is 16.0 Å². The Bertz CT molecular complexity index is 804. The minimum Gasteiger partial charge on any atom is -0.370 e. The summed E-state index contributed by atoms with van der Waals surface area (Å²) >= 11 is 1.05. The van der Waals surface area contributed by atoms with E-state index in [2.05, 4.69) is 26.7 Å². The molecular formula is C17H21N5O2S. The van der Waals surface area contributed by atoms with Gasteiger partial charge in [-0.1, -0.05) is 11.4 Å². The van der Waals surface area contributed by atoms with Crippen molar-refractivity contribution in [3.05, 3.63) is 34.3 Å². The summed E-state index contributed by atoms with van der Waals surface area (Å²) in [4.78, 5) is 26.8. The number of nitrogens with zero attached hydrogens (tertiary/aromatic N) is 3. The van der Waals surface area contributed by atoms with Crippen LogP contribution in [0.15, 0.2) is 18.2 Å².